The molecule has 68 valence electrons. The molecular weight excluding hydrogens is 232 g/mol. The van der Waals surface area contributed by atoms with Crippen molar-refractivity contribution in [3.05, 3.63) is 33.3 Å². The van der Waals surface area contributed by atoms with Gasteiger partial charge in [0.15, 0.2) is 5.78 Å². The van der Waals surface area contributed by atoms with E-state index in [0.29, 0.717) is 11.1 Å². The zero-order valence-electron chi connectivity index (χ0n) is 7.43. The molecule has 0 spiro atoms. The van der Waals surface area contributed by atoms with Gasteiger partial charge in [0.05, 0.1) is 0 Å². The zero-order chi connectivity index (χ0) is 10.0. The van der Waals surface area contributed by atoms with Gasteiger partial charge in [0.1, 0.15) is 6.29 Å². The molecule has 1 rings (SSSR count). The maximum Gasteiger partial charge on any atom is 0.160 e. The monoisotopic (exact) mass is 240 g/mol. The third-order valence-corrected chi connectivity index (χ3v) is 2.52. The van der Waals surface area contributed by atoms with Gasteiger partial charge >= 0.3 is 0 Å². The van der Waals surface area contributed by atoms with Crippen LogP contribution in [-0.2, 0) is 0 Å². The first-order chi connectivity index (χ1) is 6.06. The fourth-order valence-electron chi connectivity index (χ4n) is 1.09. The molecule has 13 heavy (non-hydrogen) atoms. The summed E-state index contributed by atoms with van der Waals surface area (Å²) in [6.07, 6.45) is 0.758. The van der Waals surface area contributed by atoms with E-state index < -0.39 is 0 Å². The van der Waals surface area contributed by atoms with Crippen molar-refractivity contribution in [1.29, 1.82) is 0 Å². The third kappa shape index (κ3) is 2.04. The molecule has 0 N–H and O–H groups in total. The third-order valence-electron chi connectivity index (χ3n) is 1.86. The van der Waals surface area contributed by atoms with Crippen LogP contribution >= 0.6 is 15.9 Å². The Bertz CT molecular complexity index is 369. The van der Waals surface area contributed by atoms with Gasteiger partial charge in [0.2, 0.25) is 0 Å². The van der Waals surface area contributed by atoms with Crippen LogP contribution in [0.4, 0.5) is 0 Å². The SMILES string of the molecule is CC(=O)c1cc(C=O)c(C)cc1Br. The summed E-state index contributed by atoms with van der Waals surface area (Å²) < 4.78 is 0.739. The van der Waals surface area contributed by atoms with Gasteiger partial charge < -0.3 is 0 Å². The van der Waals surface area contributed by atoms with Crippen molar-refractivity contribution in [3.63, 3.8) is 0 Å². The Balaban J connectivity index is 3.38. The number of ketones is 1. The second-order valence-electron chi connectivity index (χ2n) is 2.86. The average molecular weight is 241 g/mol. The minimum atomic E-state index is -0.0463. The van der Waals surface area contributed by atoms with E-state index in [4.69, 9.17) is 0 Å². The van der Waals surface area contributed by atoms with Crippen molar-refractivity contribution in [1.82, 2.24) is 0 Å². The van der Waals surface area contributed by atoms with Gasteiger partial charge in [-0.05, 0) is 31.5 Å². The van der Waals surface area contributed by atoms with Gasteiger partial charge in [-0.15, -0.1) is 0 Å². The fourth-order valence-corrected chi connectivity index (χ4v) is 1.82. The van der Waals surface area contributed by atoms with Gasteiger partial charge in [-0.3, -0.25) is 9.59 Å². The summed E-state index contributed by atoms with van der Waals surface area (Å²) in [6.45, 7) is 3.31. The Labute approximate surface area is 85.1 Å². The van der Waals surface area contributed by atoms with E-state index >= 15 is 0 Å². The molecule has 0 fully saturated rings. The molecule has 3 heteroatoms. The van der Waals surface area contributed by atoms with Gasteiger partial charge in [-0.2, -0.15) is 0 Å². The molecule has 0 aliphatic carbocycles. The molecule has 0 aromatic heterocycles. The van der Waals surface area contributed by atoms with E-state index in [2.05, 4.69) is 15.9 Å². The molecule has 0 amide bonds. The molecule has 1 aromatic rings. The van der Waals surface area contributed by atoms with Gasteiger partial charge in [-0.25, -0.2) is 0 Å². The summed E-state index contributed by atoms with van der Waals surface area (Å²) >= 11 is 3.27. The first kappa shape index (κ1) is 10.1. The summed E-state index contributed by atoms with van der Waals surface area (Å²) in [5.74, 6) is -0.0463. The Kier molecular flexibility index (Phi) is 2.98. The van der Waals surface area contributed by atoms with Crippen LogP contribution in [0.5, 0.6) is 0 Å². The standard InChI is InChI=1S/C10H9BrO2/c1-6-3-10(11)9(7(2)13)4-8(6)5-12/h3-5H,1-2H3. The molecule has 0 atom stereocenters. The molecule has 0 heterocycles. The lowest BCUT2D eigenvalue weighted by Gasteiger charge is -2.04. The topological polar surface area (TPSA) is 34.1 Å². The number of halogens is 1. The highest BCUT2D eigenvalue weighted by molar-refractivity contribution is 9.10. The maximum atomic E-state index is 11.1. The van der Waals surface area contributed by atoms with E-state index in [9.17, 15) is 9.59 Å². The van der Waals surface area contributed by atoms with Crippen LogP contribution in [0.25, 0.3) is 0 Å². The summed E-state index contributed by atoms with van der Waals surface area (Å²) in [6, 6.07) is 3.38. The number of carbonyl (C=O) groups excluding carboxylic acids is 2. The second-order valence-corrected chi connectivity index (χ2v) is 3.72. The van der Waals surface area contributed by atoms with Crippen LogP contribution in [0.1, 0.15) is 33.2 Å². The molecule has 0 saturated heterocycles. The van der Waals surface area contributed by atoms with E-state index in [1.54, 1.807) is 12.1 Å². The molecule has 0 aliphatic heterocycles. The van der Waals surface area contributed by atoms with Crippen LogP contribution in [0.2, 0.25) is 0 Å². The van der Waals surface area contributed by atoms with Crippen LogP contribution in [0.3, 0.4) is 0 Å². The summed E-state index contributed by atoms with van der Waals surface area (Å²) in [4.78, 5) is 21.7. The molecule has 2 nitrogen and oxygen atoms in total. The van der Waals surface area contributed by atoms with Crippen LogP contribution in [-0.4, -0.2) is 12.1 Å². The minimum absolute atomic E-state index is 0.0463. The molecule has 0 aliphatic rings. The van der Waals surface area contributed by atoms with Crippen molar-refractivity contribution in [2.45, 2.75) is 13.8 Å². The molecule has 0 saturated carbocycles. The van der Waals surface area contributed by atoms with Crippen LogP contribution in [0, 0.1) is 6.92 Å². The molecule has 1 aromatic carbocycles. The number of aldehydes is 1. The van der Waals surface area contributed by atoms with Gasteiger partial charge in [-0.1, -0.05) is 15.9 Å². The van der Waals surface area contributed by atoms with E-state index in [1.807, 2.05) is 6.92 Å². The van der Waals surface area contributed by atoms with E-state index in [1.165, 1.54) is 6.92 Å². The molecule has 0 bridgehead atoms. The van der Waals surface area contributed by atoms with E-state index in [0.717, 1.165) is 16.3 Å². The van der Waals surface area contributed by atoms with Crippen LogP contribution < -0.4 is 0 Å². The lowest BCUT2D eigenvalue weighted by molar-refractivity contribution is 0.101. The maximum absolute atomic E-state index is 11.1. The van der Waals surface area contributed by atoms with Crippen molar-refractivity contribution >= 4 is 28.0 Å². The number of benzene rings is 1. The average Bonchev–Trinajstić information content (AvgIpc) is 2.03. The lowest BCUT2D eigenvalue weighted by atomic mass is 10.0. The number of carbonyl (C=O) groups is 2. The number of aryl methyl sites for hydroxylation is 1. The smallest absolute Gasteiger partial charge is 0.160 e. The summed E-state index contributed by atoms with van der Waals surface area (Å²) in [7, 11) is 0. The highest BCUT2D eigenvalue weighted by atomic mass is 79.9. The Morgan fingerprint density at radius 2 is 2.08 bits per heavy atom. The number of hydrogen-bond donors (Lipinski definition) is 0. The predicted molar refractivity (Wildman–Crippen MR) is 54.3 cm³/mol. The first-order valence-electron chi connectivity index (χ1n) is 3.82. The van der Waals surface area contributed by atoms with Crippen molar-refractivity contribution in [2.24, 2.45) is 0 Å². The van der Waals surface area contributed by atoms with E-state index in [-0.39, 0.29) is 5.78 Å². The second kappa shape index (κ2) is 3.83. The Hall–Kier alpha value is -0.960. The van der Waals surface area contributed by atoms with Gasteiger partial charge in [0.25, 0.3) is 0 Å². The largest absolute Gasteiger partial charge is 0.298 e. The summed E-state index contributed by atoms with van der Waals surface area (Å²) in [5.41, 5.74) is 1.98. The van der Waals surface area contributed by atoms with Gasteiger partial charge in [0, 0.05) is 15.6 Å². The molecule has 0 unspecified atom stereocenters. The Morgan fingerprint density at radius 3 is 2.54 bits per heavy atom. The number of hydrogen-bond acceptors (Lipinski definition) is 2. The van der Waals surface area contributed by atoms with Crippen molar-refractivity contribution in [3.8, 4) is 0 Å². The van der Waals surface area contributed by atoms with Crippen molar-refractivity contribution in [2.75, 3.05) is 0 Å². The fraction of sp³-hybridized carbons (Fsp3) is 0.200. The number of Topliss-reactive ketones (excluding diaryl/α,β-unsaturated/α-hetero) is 1. The molecular formula is C10H9BrO2. The minimum Gasteiger partial charge on any atom is -0.298 e. The normalized spacial score (nSPS) is 9.77. The zero-order valence-corrected chi connectivity index (χ0v) is 9.01. The Morgan fingerprint density at radius 1 is 1.46 bits per heavy atom. The quantitative estimate of drug-likeness (QED) is 0.589. The van der Waals surface area contributed by atoms with Crippen LogP contribution in [0.15, 0.2) is 16.6 Å². The summed E-state index contributed by atoms with van der Waals surface area (Å²) in [5, 5.41) is 0. The predicted octanol–water partition coefficient (Wildman–Crippen LogP) is 2.77. The molecule has 0 radical (unpaired) electrons. The number of rotatable bonds is 2. The highest BCUT2D eigenvalue weighted by Crippen LogP contribution is 2.21. The van der Waals surface area contributed by atoms with Crippen molar-refractivity contribution < 1.29 is 9.59 Å². The highest BCUT2D eigenvalue weighted by Gasteiger charge is 2.08. The first-order valence-corrected chi connectivity index (χ1v) is 4.62. The lowest BCUT2D eigenvalue weighted by Crippen LogP contribution is -1.97.